The number of benzene rings is 2. The molecule has 122 valence electrons. The number of rotatable bonds is 5. The number of nitriles is 1. The Morgan fingerprint density at radius 2 is 1.92 bits per heavy atom. The molecule has 0 saturated heterocycles. The van der Waals surface area contributed by atoms with Gasteiger partial charge in [0, 0.05) is 0 Å². The number of hydrogen-bond donors (Lipinski definition) is 1. The summed E-state index contributed by atoms with van der Waals surface area (Å²) in [5.74, 6) is -0.648. The van der Waals surface area contributed by atoms with Crippen LogP contribution < -0.4 is 10.1 Å². The molecule has 0 heterocycles. The predicted octanol–water partition coefficient (Wildman–Crippen LogP) is 2.75. The van der Waals surface area contributed by atoms with Gasteiger partial charge in [0.25, 0.3) is 5.91 Å². The van der Waals surface area contributed by atoms with E-state index in [0.717, 1.165) is 0 Å². The lowest BCUT2D eigenvalue weighted by atomic mass is 10.1. The van der Waals surface area contributed by atoms with Crippen LogP contribution in [-0.4, -0.2) is 25.1 Å². The van der Waals surface area contributed by atoms with Crippen molar-refractivity contribution in [2.75, 3.05) is 12.4 Å². The zero-order valence-corrected chi connectivity index (χ0v) is 13.3. The molecule has 0 aromatic heterocycles. The van der Waals surface area contributed by atoms with Crippen molar-refractivity contribution >= 4 is 17.6 Å². The van der Waals surface area contributed by atoms with Crippen LogP contribution in [0.5, 0.6) is 5.75 Å². The molecule has 2 aromatic rings. The summed E-state index contributed by atoms with van der Waals surface area (Å²) in [6, 6.07) is 15.0. The minimum absolute atomic E-state index is 0.214. The van der Waals surface area contributed by atoms with Gasteiger partial charge in [-0.2, -0.15) is 5.26 Å². The molecule has 0 radical (unpaired) electrons. The van der Waals surface area contributed by atoms with E-state index in [-0.39, 0.29) is 5.56 Å². The number of carbonyl (C=O) groups is 2. The van der Waals surface area contributed by atoms with Crippen molar-refractivity contribution in [1.29, 1.82) is 5.26 Å². The number of nitrogens with zero attached hydrogens (tertiary/aromatic N) is 1. The molecular weight excluding hydrogens is 308 g/mol. The Bertz CT molecular complexity index is 796. The van der Waals surface area contributed by atoms with E-state index in [1.807, 2.05) is 6.07 Å². The van der Waals surface area contributed by atoms with Crippen LogP contribution >= 0.6 is 0 Å². The van der Waals surface area contributed by atoms with Gasteiger partial charge in [-0.1, -0.05) is 18.2 Å². The highest BCUT2D eigenvalue weighted by Gasteiger charge is 2.20. The third kappa shape index (κ3) is 4.11. The molecule has 0 fully saturated rings. The summed E-state index contributed by atoms with van der Waals surface area (Å²) < 4.78 is 10.3. The Kier molecular flexibility index (Phi) is 5.53. The first kappa shape index (κ1) is 17.0. The van der Waals surface area contributed by atoms with Gasteiger partial charge in [0.15, 0.2) is 6.10 Å². The van der Waals surface area contributed by atoms with Gasteiger partial charge >= 0.3 is 5.97 Å². The molecule has 0 spiro atoms. The molecule has 6 heteroatoms. The van der Waals surface area contributed by atoms with Gasteiger partial charge in [0.2, 0.25) is 0 Å². The number of hydrogen-bond acceptors (Lipinski definition) is 5. The fourth-order valence-electron chi connectivity index (χ4n) is 1.98. The maximum Gasteiger partial charge on any atom is 0.338 e. The summed E-state index contributed by atoms with van der Waals surface area (Å²) >= 11 is 0. The van der Waals surface area contributed by atoms with Gasteiger partial charge in [0.1, 0.15) is 5.75 Å². The number of para-hydroxylation sites is 2. The summed E-state index contributed by atoms with van der Waals surface area (Å²) in [5, 5.41) is 11.5. The lowest BCUT2D eigenvalue weighted by molar-refractivity contribution is -0.123. The zero-order valence-electron chi connectivity index (χ0n) is 13.3. The lowest BCUT2D eigenvalue weighted by Gasteiger charge is -2.15. The Hall–Kier alpha value is -3.33. The van der Waals surface area contributed by atoms with Crippen LogP contribution in [-0.2, 0) is 9.53 Å². The number of carbonyl (C=O) groups excluding carboxylic acids is 2. The summed E-state index contributed by atoms with van der Waals surface area (Å²) in [6.07, 6.45) is -1.01. The van der Waals surface area contributed by atoms with E-state index in [1.54, 1.807) is 36.4 Å². The van der Waals surface area contributed by atoms with E-state index < -0.39 is 18.0 Å². The monoisotopic (exact) mass is 324 g/mol. The minimum Gasteiger partial charge on any atom is -0.495 e. The molecule has 2 rings (SSSR count). The fourth-order valence-corrected chi connectivity index (χ4v) is 1.98. The van der Waals surface area contributed by atoms with Crippen molar-refractivity contribution in [3.8, 4) is 11.8 Å². The van der Waals surface area contributed by atoms with Crippen molar-refractivity contribution in [2.24, 2.45) is 0 Å². The Morgan fingerprint density at radius 1 is 1.17 bits per heavy atom. The van der Waals surface area contributed by atoms with Crippen LogP contribution in [0.4, 0.5) is 5.69 Å². The second kappa shape index (κ2) is 7.79. The molecule has 1 N–H and O–H groups in total. The van der Waals surface area contributed by atoms with Gasteiger partial charge in [0.05, 0.1) is 30.0 Å². The quantitative estimate of drug-likeness (QED) is 0.854. The van der Waals surface area contributed by atoms with E-state index >= 15 is 0 Å². The van der Waals surface area contributed by atoms with E-state index in [1.165, 1.54) is 26.2 Å². The Labute approximate surface area is 139 Å². The van der Waals surface area contributed by atoms with Crippen molar-refractivity contribution in [1.82, 2.24) is 0 Å². The molecule has 24 heavy (non-hydrogen) atoms. The minimum atomic E-state index is -1.01. The Morgan fingerprint density at radius 3 is 2.62 bits per heavy atom. The summed E-state index contributed by atoms with van der Waals surface area (Å²) in [5.41, 5.74) is 1.04. The maximum atomic E-state index is 12.2. The average molecular weight is 324 g/mol. The van der Waals surface area contributed by atoms with Gasteiger partial charge in [-0.3, -0.25) is 4.79 Å². The maximum absolute atomic E-state index is 12.2. The van der Waals surface area contributed by atoms with Crippen molar-refractivity contribution in [3.05, 3.63) is 59.7 Å². The van der Waals surface area contributed by atoms with Crippen molar-refractivity contribution in [3.63, 3.8) is 0 Å². The first-order valence-electron chi connectivity index (χ1n) is 7.20. The lowest BCUT2D eigenvalue weighted by Crippen LogP contribution is -2.30. The van der Waals surface area contributed by atoms with Crippen LogP contribution in [0.2, 0.25) is 0 Å². The van der Waals surface area contributed by atoms with Crippen molar-refractivity contribution in [2.45, 2.75) is 13.0 Å². The fraction of sp³-hybridized carbons (Fsp3) is 0.167. The van der Waals surface area contributed by atoms with Crippen LogP contribution in [0, 0.1) is 11.3 Å². The first-order chi connectivity index (χ1) is 11.5. The molecule has 2 aromatic carbocycles. The third-order valence-corrected chi connectivity index (χ3v) is 3.25. The number of methoxy groups -OCH3 is 1. The Balaban J connectivity index is 2.03. The first-order valence-corrected chi connectivity index (χ1v) is 7.20. The third-order valence-electron chi connectivity index (χ3n) is 3.25. The topological polar surface area (TPSA) is 88.4 Å². The normalized spacial score (nSPS) is 11.0. The molecule has 1 amide bonds. The van der Waals surface area contributed by atoms with Crippen LogP contribution in [0.3, 0.4) is 0 Å². The number of esters is 1. The number of amides is 1. The summed E-state index contributed by atoms with van der Waals surface area (Å²) in [4.78, 5) is 24.2. The second-order valence-electron chi connectivity index (χ2n) is 4.93. The van der Waals surface area contributed by atoms with Crippen LogP contribution in [0.1, 0.15) is 22.8 Å². The highest BCUT2D eigenvalue weighted by molar-refractivity contribution is 5.98. The molecule has 1 atom stereocenters. The number of anilines is 1. The largest absolute Gasteiger partial charge is 0.495 e. The standard InChI is InChI=1S/C18H16N2O4/c1-12(17(21)20-15-8-3-4-9-16(15)23-2)24-18(22)14-7-5-6-13(10-14)11-19/h3-10,12H,1-2H3,(H,20,21)/t12-/m1/s1. The SMILES string of the molecule is COc1ccccc1NC(=O)[C@@H](C)OC(=O)c1cccc(C#N)c1. The molecule has 0 unspecified atom stereocenters. The van der Waals surface area contributed by atoms with Crippen LogP contribution in [0.15, 0.2) is 48.5 Å². The van der Waals surface area contributed by atoms with E-state index in [9.17, 15) is 9.59 Å². The zero-order chi connectivity index (χ0) is 17.5. The smallest absolute Gasteiger partial charge is 0.338 e. The van der Waals surface area contributed by atoms with Gasteiger partial charge in [-0.25, -0.2) is 4.79 Å². The van der Waals surface area contributed by atoms with Gasteiger partial charge < -0.3 is 14.8 Å². The second-order valence-corrected chi connectivity index (χ2v) is 4.93. The van der Waals surface area contributed by atoms with Crippen molar-refractivity contribution < 1.29 is 19.1 Å². The van der Waals surface area contributed by atoms with Gasteiger partial charge in [-0.05, 0) is 37.3 Å². The molecule has 0 aliphatic heterocycles. The molecule has 0 bridgehead atoms. The molecule has 0 aliphatic carbocycles. The average Bonchev–Trinajstić information content (AvgIpc) is 2.62. The molecule has 6 nitrogen and oxygen atoms in total. The highest BCUT2D eigenvalue weighted by atomic mass is 16.5. The predicted molar refractivity (Wildman–Crippen MR) is 87.7 cm³/mol. The molecule has 0 saturated carbocycles. The summed E-state index contributed by atoms with van der Waals surface area (Å²) in [7, 11) is 1.50. The highest BCUT2D eigenvalue weighted by Crippen LogP contribution is 2.23. The number of ether oxygens (including phenoxy) is 2. The summed E-state index contributed by atoms with van der Waals surface area (Å²) in [6.45, 7) is 1.47. The van der Waals surface area contributed by atoms with E-state index in [2.05, 4.69) is 5.32 Å². The van der Waals surface area contributed by atoms with Gasteiger partial charge in [-0.15, -0.1) is 0 Å². The van der Waals surface area contributed by atoms with E-state index in [4.69, 9.17) is 14.7 Å². The van der Waals surface area contributed by atoms with E-state index in [0.29, 0.717) is 17.0 Å². The number of nitrogens with one attached hydrogen (secondary N) is 1. The van der Waals surface area contributed by atoms with Crippen LogP contribution in [0.25, 0.3) is 0 Å². The molecular formula is C18H16N2O4. The molecule has 0 aliphatic rings.